The monoisotopic (exact) mass is 322 g/mol. The Morgan fingerprint density at radius 1 is 1.35 bits per heavy atom. The highest BCUT2D eigenvalue weighted by Gasteiger charge is 2.34. The predicted octanol–water partition coefficient (Wildman–Crippen LogP) is 2.50. The van der Waals surface area contributed by atoms with E-state index in [-0.39, 0.29) is 5.56 Å². The van der Waals surface area contributed by atoms with Gasteiger partial charge in [-0.15, -0.1) is 0 Å². The number of carbonyl (C=O) groups is 2. The van der Waals surface area contributed by atoms with Gasteiger partial charge in [-0.2, -0.15) is 0 Å². The Hall–Kier alpha value is -2.11. The number of amides is 1. The molecule has 6 heteroatoms. The number of rotatable bonds is 5. The molecule has 23 heavy (non-hydrogen) atoms. The van der Waals surface area contributed by atoms with Crippen molar-refractivity contribution in [3.8, 4) is 0 Å². The number of anilines is 1. The molecule has 0 saturated carbocycles. The average molecular weight is 322 g/mol. The van der Waals surface area contributed by atoms with Crippen molar-refractivity contribution >= 4 is 17.6 Å². The van der Waals surface area contributed by atoms with E-state index >= 15 is 0 Å². The Morgan fingerprint density at radius 3 is 2.52 bits per heavy atom. The number of hydrogen-bond acceptors (Lipinski definition) is 4. The summed E-state index contributed by atoms with van der Waals surface area (Å²) in [4.78, 5) is 26.1. The van der Waals surface area contributed by atoms with Crippen molar-refractivity contribution in [3.63, 3.8) is 0 Å². The van der Waals surface area contributed by atoms with Crippen molar-refractivity contribution in [2.75, 3.05) is 25.1 Å². The van der Waals surface area contributed by atoms with Crippen LogP contribution in [0, 0.1) is 5.82 Å². The summed E-state index contributed by atoms with van der Waals surface area (Å²) in [6, 6.07) is 4.42. The topological polar surface area (TPSA) is 58.6 Å². The molecule has 0 radical (unpaired) electrons. The van der Waals surface area contributed by atoms with E-state index in [9.17, 15) is 14.0 Å². The molecule has 1 fully saturated rings. The molecule has 1 aromatic carbocycles. The largest absolute Gasteiger partial charge is 0.467 e. The third-order valence-corrected chi connectivity index (χ3v) is 4.39. The summed E-state index contributed by atoms with van der Waals surface area (Å²) in [6.45, 7) is 5.03. The predicted molar refractivity (Wildman–Crippen MR) is 86.0 cm³/mol. The molecule has 1 aliphatic heterocycles. The third kappa shape index (κ3) is 3.63. The van der Waals surface area contributed by atoms with Gasteiger partial charge in [-0.1, -0.05) is 6.92 Å². The van der Waals surface area contributed by atoms with Crippen LogP contribution in [0.5, 0.6) is 0 Å². The maximum atomic E-state index is 14.3. The number of carbonyl (C=O) groups excluding carboxylic acids is 2. The van der Waals surface area contributed by atoms with E-state index in [0.717, 1.165) is 25.9 Å². The molecule has 1 aromatic rings. The minimum absolute atomic E-state index is 0.189. The Bertz CT molecular complexity index is 600. The van der Waals surface area contributed by atoms with E-state index in [1.807, 2.05) is 4.90 Å². The van der Waals surface area contributed by atoms with Crippen molar-refractivity contribution in [2.45, 2.75) is 38.6 Å². The number of ether oxygens (including phenoxy) is 1. The standard InChI is InChI=1S/C17H23FN2O3/c1-4-17(2,16(22)23-3)19-15(21)12-7-8-14(13(18)11-12)20-9-5-6-10-20/h7-8,11H,4-6,9-10H2,1-3H3,(H,19,21). The molecular weight excluding hydrogens is 299 g/mol. The van der Waals surface area contributed by atoms with Crippen LogP contribution < -0.4 is 10.2 Å². The quantitative estimate of drug-likeness (QED) is 0.846. The van der Waals surface area contributed by atoms with Gasteiger partial charge in [0.25, 0.3) is 5.91 Å². The molecule has 0 aromatic heterocycles. The van der Waals surface area contributed by atoms with Crippen LogP contribution in [0.2, 0.25) is 0 Å². The van der Waals surface area contributed by atoms with Crippen molar-refractivity contribution in [3.05, 3.63) is 29.6 Å². The van der Waals surface area contributed by atoms with E-state index in [1.54, 1.807) is 26.0 Å². The lowest BCUT2D eigenvalue weighted by Gasteiger charge is -2.26. The van der Waals surface area contributed by atoms with E-state index in [2.05, 4.69) is 5.32 Å². The highest BCUT2D eigenvalue weighted by molar-refractivity contribution is 5.98. The van der Waals surface area contributed by atoms with Gasteiger partial charge in [0.1, 0.15) is 11.4 Å². The van der Waals surface area contributed by atoms with Crippen LogP contribution in [0.25, 0.3) is 0 Å². The first kappa shape index (κ1) is 17.2. The van der Waals surface area contributed by atoms with Crippen LogP contribution in [0.15, 0.2) is 18.2 Å². The molecule has 1 heterocycles. The molecule has 1 aliphatic rings. The van der Waals surface area contributed by atoms with Gasteiger partial charge in [-0.3, -0.25) is 4.79 Å². The molecule has 1 saturated heterocycles. The molecule has 0 bridgehead atoms. The SMILES string of the molecule is CCC(C)(NC(=O)c1ccc(N2CCCC2)c(F)c1)C(=O)OC. The summed E-state index contributed by atoms with van der Waals surface area (Å²) in [5.41, 5.74) is -0.421. The second-order valence-corrected chi connectivity index (χ2v) is 5.99. The van der Waals surface area contributed by atoms with Crippen LogP contribution in [-0.2, 0) is 9.53 Å². The molecular formula is C17H23FN2O3. The highest BCUT2D eigenvalue weighted by atomic mass is 19.1. The van der Waals surface area contributed by atoms with Gasteiger partial charge in [-0.25, -0.2) is 9.18 Å². The summed E-state index contributed by atoms with van der Waals surface area (Å²) in [5, 5.41) is 2.63. The van der Waals surface area contributed by atoms with Gasteiger partial charge >= 0.3 is 5.97 Å². The lowest BCUT2D eigenvalue weighted by atomic mass is 9.98. The molecule has 1 amide bonds. The molecule has 0 spiro atoms. The van der Waals surface area contributed by atoms with E-state index in [1.165, 1.54) is 13.2 Å². The summed E-state index contributed by atoms with van der Waals surface area (Å²) in [5.74, 6) is -1.44. The van der Waals surface area contributed by atoms with Crippen LogP contribution in [0.1, 0.15) is 43.5 Å². The van der Waals surface area contributed by atoms with E-state index in [0.29, 0.717) is 12.1 Å². The van der Waals surface area contributed by atoms with Gasteiger partial charge in [-0.05, 0) is 44.4 Å². The summed E-state index contributed by atoms with van der Waals surface area (Å²) >= 11 is 0. The normalized spacial score (nSPS) is 16.8. The van der Waals surface area contributed by atoms with Gasteiger partial charge < -0.3 is 15.0 Å². The van der Waals surface area contributed by atoms with Crippen LogP contribution in [0.3, 0.4) is 0 Å². The first-order valence-corrected chi connectivity index (χ1v) is 7.86. The van der Waals surface area contributed by atoms with Gasteiger partial charge in [0.05, 0.1) is 12.8 Å². The van der Waals surface area contributed by atoms with E-state index < -0.39 is 23.2 Å². The third-order valence-electron chi connectivity index (χ3n) is 4.39. The Morgan fingerprint density at radius 2 is 2.00 bits per heavy atom. The van der Waals surface area contributed by atoms with Gasteiger partial charge in [0, 0.05) is 18.7 Å². The second kappa shape index (κ2) is 6.98. The van der Waals surface area contributed by atoms with Gasteiger partial charge in [0.2, 0.25) is 0 Å². The zero-order valence-electron chi connectivity index (χ0n) is 13.8. The number of nitrogens with zero attached hydrogens (tertiary/aromatic N) is 1. The van der Waals surface area contributed by atoms with Crippen molar-refractivity contribution < 1.29 is 18.7 Å². The smallest absolute Gasteiger partial charge is 0.331 e. The fourth-order valence-corrected chi connectivity index (χ4v) is 2.69. The molecule has 1 atom stereocenters. The molecule has 1 N–H and O–H groups in total. The highest BCUT2D eigenvalue weighted by Crippen LogP contribution is 2.24. The number of nitrogens with one attached hydrogen (secondary N) is 1. The lowest BCUT2D eigenvalue weighted by molar-refractivity contribution is -0.147. The minimum atomic E-state index is -1.13. The average Bonchev–Trinajstić information content (AvgIpc) is 3.07. The Labute approximate surface area is 135 Å². The minimum Gasteiger partial charge on any atom is -0.467 e. The van der Waals surface area contributed by atoms with Gasteiger partial charge in [0.15, 0.2) is 0 Å². The Balaban J connectivity index is 2.16. The van der Waals surface area contributed by atoms with E-state index in [4.69, 9.17) is 4.74 Å². The maximum absolute atomic E-state index is 14.3. The summed E-state index contributed by atoms with van der Waals surface area (Å²) < 4.78 is 19.0. The number of methoxy groups -OCH3 is 1. The second-order valence-electron chi connectivity index (χ2n) is 5.99. The molecule has 2 rings (SSSR count). The fourth-order valence-electron chi connectivity index (χ4n) is 2.69. The molecule has 126 valence electrons. The first-order chi connectivity index (χ1) is 10.9. The number of esters is 1. The van der Waals surface area contributed by atoms with Crippen LogP contribution in [0.4, 0.5) is 10.1 Å². The number of hydrogen-bond donors (Lipinski definition) is 1. The molecule has 0 aliphatic carbocycles. The van der Waals surface area contributed by atoms with Crippen molar-refractivity contribution in [1.29, 1.82) is 0 Å². The zero-order valence-corrected chi connectivity index (χ0v) is 13.8. The van der Waals surface area contributed by atoms with Crippen molar-refractivity contribution in [1.82, 2.24) is 5.32 Å². The lowest BCUT2D eigenvalue weighted by Crippen LogP contribution is -2.52. The zero-order chi connectivity index (χ0) is 17.0. The van der Waals surface area contributed by atoms with Crippen LogP contribution in [-0.4, -0.2) is 37.6 Å². The van der Waals surface area contributed by atoms with Crippen molar-refractivity contribution in [2.24, 2.45) is 0 Å². The molecule has 1 unspecified atom stereocenters. The fraction of sp³-hybridized carbons (Fsp3) is 0.529. The Kier molecular flexibility index (Phi) is 5.23. The maximum Gasteiger partial charge on any atom is 0.331 e. The summed E-state index contributed by atoms with van der Waals surface area (Å²) in [6.07, 6.45) is 2.48. The number of halogens is 1. The summed E-state index contributed by atoms with van der Waals surface area (Å²) in [7, 11) is 1.27. The van der Waals surface area contributed by atoms with Crippen LogP contribution >= 0.6 is 0 Å². The number of benzene rings is 1. The molecule has 5 nitrogen and oxygen atoms in total. The first-order valence-electron chi connectivity index (χ1n) is 7.86.